The number of nitrogens with zero attached hydrogens (tertiary/aromatic N) is 2. The molecule has 2 heterocycles. The minimum Gasteiger partial charge on any atom is -0.358 e. The fourth-order valence-electron chi connectivity index (χ4n) is 3.09. The molecule has 0 saturated heterocycles. The molecule has 0 spiro atoms. The molecule has 1 aromatic carbocycles. The molecule has 3 rings (SSSR count). The summed E-state index contributed by atoms with van der Waals surface area (Å²) in [6.45, 7) is 3.74. The van der Waals surface area contributed by atoms with E-state index in [-0.39, 0.29) is 19.6 Å². The average molecular weight is 406 g/mol. The lowest BCUT2D eigenvalue weighted by atomic mass is 10.1. The van der Waals surface area contributed by atoms with Crippen LogP contribution in [-0.4, -0.2) is 37.5 Å². The number of rotatable bonds is 6. The summed E-state index contributed by atoms with van der Waals surface area (Å²) < 4.78 is 41.1. The van der Waals surface area contributed by atoms with Gasteiger partial charge in [-0.05, 0) is 24.5 Å². The number of aromatic amines is 1. The van der Waals surface area contributed by atoms with Crippen LogP contribution in [0, 0.1) is 0 Å². The van der Waals surface area contributed by atoms with Crippen molar-refractivity contribution in [3.63, 3.8) is 0 Å². The number of benzene rings is 1. The molecule has 0 fully saturated rings. The first-order chi connectivity index (χ1) is 11.9. The van der Waals surface area contributed by atoms with E-state index in [0.717, 1.165) is 5.56 Å². The van der Waals surface area contributed by atoms with Crippen LogP contribution in [0.15, 0.2) is 24.9 Å². The van der Waals surface area contributed by atoms with Crippen molar-refractivity contribution in [3.05, 3.63) is 40.5 Å². The predicted molar refractivity (Wildman–Crippen MR) is 100 cm³/mol. The van der Waals surface area contributed by atoms with E-state index in [4.69, 9.17) is 23.2 Å². The van der Waals surface area contributed by atoms with Gasteiger partial charge in [-0.3, -0.25) is 8.70 Å². The van der Waals surface area contributed by atoms with Crippen LogP contribution < -0.4 is 4.31 Å². The smallest absolute Gasteiger partial charge is 0.304 e. The predicted octanol–water partition coefficient (Wildman–Crippen LogP) is 4.28. The zero-order valence-corrected chi connectivity index (χ0v) is 15.8. The highest BCUT2D eigenvalue weighted by Crippen LogP contribution is 2.43. The number of fused-ring (bicyclic) bond motifs is 3. The normalized spacial score (nSPS) is 17.0. The number of hydrogen-bond acceptors (Lipinski definition) is 2. The van der Waals surface area contributed by atoms with E-state index in [2.05, 4.69) is 11.6 Å². The van der Waals surface area contributed by atoms with E-state index in [1.807, 2.05) is 0 Å². The van der Waals surface area contributed by atoms with Gasteiger partial charge in [-0.2, -0.15) is 12.7 Å². The molecule has 2 aromatic rings. The van der Waals surface area contributed by atoms with Gasteiger partial charge in [-0.1, -0.05) is 29.3 Å². The van der Waals surface area contributed by atoms with Crippen LogP contribution in [0.1, 0.15) is 18.4 Å². The van der Waals surface area contributed by atoms with E-state index in [1.165, 1.54) is 14.7 Å². The standard InChI is InChI=1S/C16H18Cl2FN3O2S/c1-2-6-22-16-11(8-12(17)14-13(18)9-20-15(14)16)10-21(25(22,23)24)7-4-3-5-19/h2,8-9,20H,1,3-7,10H2. The van der Waals surface area contributed by atoms with Crippen molar-refractivity contribution in [1.82, 2.24) is 9.29 Å². The summed E-state index contributed by atoms with van der Waals surface area (Å²) in [6, 6.07) is 1.74. The molecule has 136 valence electrons. The molecule has 0 atom stereocenters. The van der Waals surface area contributed by atoms with Crippen molar-refractivity contribution < 1.29 is 12.8 Å². The molecule has 1 aliphatic heterocycles. The van der Waals surface area contributed by atoms with Crippen LogP contribution >= 0.6 is 23.2 Å². The molecule has 0 radical (unpaired) electrons. The molecule has 0 saturated carbocycles. The van der Waals surface area contributed by atoms with Crippen LogP contribution in [0.4, 0.5) is 10.1 Å². The van der Waals surface area contributed by atoms with Gasteiger partial charge in [0.25, 0.3) is 0 Å². The molecular formula is C16H18Cl2FN3O2S. The van der Waals surface area contributed by atoms with Gasteiger partial charge >= 0.3 is 10.2 Å². The molecule has 0 amide bonds. The third kappa shape index (κ3) is 3.14. The lowest BCUT2D eigenvalue weighted by molar-refractivity contribution is 0.371. The number of aromatic nitrogens is 1. The Morgan fingerprint density at radius 1 is 1.32 bits per heavy atom. The van der Waals surface area contributed by atoms with Gasteiger partial charge in [-0.25, -0.2) is 0 Å². The van der Waals surface area contributed by atoms with Gasteiger partial charge in [0.1, 0.15) is 0 Å². The van der Waals surface area contributed by atoms with Crippen molar-refractivity contribution in [3.8, 4) is 0 Å². The molecule has 1 aromatic heterocycles. The number of nitrogens with one attached hydrogen (secondary N) is 1. The second kappa shape index (κ2) is 7.15. The van der Waals surface area contributed by atoms with E-state index >= 15 is 0 Å². The molecule has 25 heavy (non-hydrogen) atoms. The Morgan fingerprint density at radius 2 is 2.08 bits per heavy atom. The van der Waals surface area contributed by atoms with E-state index < -0.39 is 16.9 Å². The van der Waals surface area contributed by atoms with E-state index in [0.29, 0.717) is 39.5 Å². The average Bonchev–Trinajstić information content (AvgIpc) is 2.94. The van der Waals surface area contributed by atoms with Crippen molar-refractivity contribution in [1.29, 1.82) is 0 Å². The Morgan fingerprint density at radius 3 is 2.76 bits per heavy atom. The maximum Gasteiger partial charge on any atom is 0.304 e. The van der Waals surface area contributed by atoms with Crippen LogP contribution in [0.25, 0.3) is 10.9 Å². The lowest BCUT2D eigenvalue weighted by Crippen LogP contribution is -2.48. The number of anilines is 1. The first-order valence-corrected chi connectivity index (χ1v) is 9.99. The fourth-order valence-corrected chi connectivity index (χ4v) is 5.39. The fraction of sp³-hybridized carbons (Fsp3) is 0.375. The SMILES string of the molecule is C=CCN1c2c(cc(Cl)c3c(Cl)c[nH]c23)CN(CCCCF)S1(=O)=O. The Kier molecular flexibility index (Phi) is 5.29. The maximum atomic E-state index is 13.0. The topological polar surface area (TPSA) is 56.4 Å². The molecule has 1 aliphatic rings. The molecule has 0 bridgehead atoms. The summed E-state index contributed by atoms with van der Waals surface area (Å²) >= 11 is 12.5. The third-order valence-electron chi connectivity index (χ3n) is 4.20. The molecule has 1 N–H and O–H groups in total. The minimum atomic E-state index is -3.75. The van der Waals surface area contributed by atoms with Crippen molar-refractivity contribution in [2.75, 3.05) is 24.1 Å². The second-order valence-electron chi connectivity index (χ2n) is 5.81. The van der Waals surface area contributed by atoms with Gasteiger partial charge in [0, 0.05) is 24.7 Å². The number of halogens is 3. The third-order valence-corrected chi connectivity index (χ3v) is 6.65. The summed E-state index contributed by atoms with van der Waals surface area (Å²) in [5, 5.41) is 1.49. The zero-order chi connectivity index (χ0) is 18.2. The Balaban J connectivity index is 2.16. The summed E-state index contributed by atoms with van der Waals surface area (Å²) in [6.07, 6.45) is 3.89. The van der Waals surface area contributed by atoms with Gasteiger partial charge in [0.05, 0.1) is 34.5 Å². The van der Waals surface area contributed by atoms with Crippen molar-refractivity contribution in [2.45, 2.75) is 19.4 Å². The zero-order valence-electron chi connectivity index (χ0n) is 13.4. The van der Waals surface area contributed by atoms with Gasteiger partial charge in [0.2, 0.25) is 0 Å². The van der Waals surface area contributed by atoms with Crippen molar-refractivity contribution in [2.24, 2.45) is 0 Å². The van der Waals surface area contributed by atoms with Gasteiger partial charge < -0.3 is 4.98 Å². The molecule has 0 aliphatic carbocycles. The largest absolute Gasteiger partial charge is 0.358 e. The molecule has 9 heteroatoms. The first-order valence-electron chi connectivity index (χ1n) is 7.84. The Bertz CT molecular complexity index is 914. The lowest BCUT2D eigenvalue weighted by Gasteiger charge is -2.37. The Labute approximate surface area is 156 Å². The van der Waals surface area contributed by atoms with Crippen LogP contribution in [0.5, 0.6) is 0 Å². The highest BCUT2D eigenvalue weighted by molar-refractivity contribution is 7.90. The number of hydrogen-bond donors (Lipinski definition) is 1. The number of unbranched alkanes of at least 4 members (excludes halogenated alkanes) is 1. The quantitative estimate of drug-likeness (QED) is 0.575. The summed E-state index contributed by atoms with van der Waals surface area (Å²) in [7, 11) is -3.75. The number of H-pyrrole nitrogens is 1. The van der Waals surface area contributed by atoms with Crippen LogP contribution in [0.3, 0.4) is 0 Å². The van der Waals surface area contributed by atoms with Crippen molar-refractivity contribution >= 4 is 50.0 Å². The van der Waals surface area contributed by atoms with E-state index in [9.17, 15) is 12.8 Å². The highest BCUT2D eigenvalue weighted by atomic mass is 35.5. The second-order valence-corrected chi connectivity index (χ2v) is 8.48. The van der Waals surface area contributed by atoms with Gasteiger partial charge in [0.15, 0.2) is 0 Å². The summed E-state index contributed by atoms with van der Waals surface area (Å²) in [5.74, 6) is 0. The number of alkyl halides is 1. The van der Waals surface area contributed by atoms with Crippen LogP contribution in [-0.2, 0) is 16.8 Å². The summed E-state index contributed by atoms with van der Waals surface area (Å²) in [5.41, 5.74) is 1.89. The highest BCUT2D eigenvalue weighted by Gasteiger charge is 2.37. The molecule has 5 nitrogen and oxygen atoms in total. The minimum absolute atomic E-state index is 0.113. The van der Waals surface area contributed by atoms with E-state index in [1.54, 1.807) is 12.3 Å². The Hall–Kier alpha value is -1.28. The van der Waals surface area contributed by atoms with Crippen LogP contribution in [0.2, 0.25) is 10.0 Å². The maximum absolute atomic E-state index is 13.0. The molecular weight excluding hydrogens is 388 g/mol. The molecule has 0 unspecified atom stereocenters. The first kappa shape index (κ1) is 18.5. The summed E-state index contributed by atoms with van der Waals surface area (Å²) in [4.78, 5) is 3.03. The monoisotopic (exact) mass is 405 g/mol. The van der Waals surface area contributed by atoms with Gasteiger partial charge in [-0.15, -0.1) is 6.58 Å².